The molecule has 0 bridgehead atoms. The first-order valence-electron chi connectivity index (χ1n) is 5.07. The van der Waals surface area contributed by atoms with E-state index in [9.17, 15) is 0 Å². The number of nitrogen functional groups attached to an aromatic ring is 1. The fraction of sp³-hybridized carbons (Fsp3) is 0.600. The van der Waals surface area contributed by atoms with Crippen molar-refractivity contribution in [3.05, 3.63) is 11.9 Å². The maximum atomic E-state index is 5.61. The highest BCUT2D eigenvalue weighted by Crippen LogP contribution is 2.07. The third-order valence-corrected chi connectivity index (χ3v) is 1.95. The van der Waals surface area contributed by atoms with Gasteiger partial charge < -0.3 is 16.0 Å². The van der Waals surface area contributed by atoms with Gasteiger partial charge in [-0.25, -0.2) is 9.97 Å². The topological polar surface area (TPSA) is 67.1 Å². The fourth-order valence-corrected chi connectivity index (χ4v) is 1.29. The molecule has 0 radical (unpaired) electrons. The quantitative estimate of drug-likeness (QED) is 0.700. The van der Waals surface area contributed by atoms with Crippen LogP contribution in [0.15, 0.2) is 6.07 Å². The first kappa shape index (κ1) is 11.7. The lowest BCUT2D eigenvalue weighted by Crippen LogP contribution is -2.16. The van der Waals surface area contributed by atoms with E-state index < -0.39 is 0 Å². The van der Waals surface area contributed by atoms with E-state index in [0.29, 0.717) is 11.6 Å². The summed E-state index contributed by atoms with van der Waals surface area (Å²) in [5.74, 6) is 2.02. The number of anilines is 2. The van der Waals surface area contributed by atoms with Gasteiger partial charge in [-0.15, -0.1) is 0 Å². The molecule has 3 N–H and O–H groups in total. The molecule has 0 aliphatic carbocycles. The Labute approximate surface area is 90.7 Å². The van der Waals surface area contributed by atoms with Crippen molar-refractivity contribution in [2.45, 2.75) is 13.3 Å². The zero-order valence-electron chi connectivity index (χ0n) is 9.62. The molecule has 0 aromatic carbocycles. The third kappa shape index (κ3) is 4.60. The van der Waals surface area contributed by atoms with E-state index in [2.05, 4.69) is 34.3 Å². The molecule has 15 heavy (non-hydrogen) atoms. The van der Waals surface area contributed by atoms with Gasteiger partial charge >= 0.3 is 0 Å². The highest BCUT2D eigenvalue weighted by molar-refractivity contribution is 5.44. The molecule has 0 saturated carbocycles. The van der Waals surface area contributed by atoms with E-state index in [-0.39, 0.29) is 0 Å². The molecule has 1 aromatic heterocycles. The molecule has 0 fully saturated rings. The predicted molar refractivity (Wildman–Crippen MR) is 62.8 cm³/mol. The van der Waals surface area contributed by atoms with Crippen LogP contribution in [-0.4, -0.2) is 42.1 Å². The second kappa shape index (κ2) is 5.50. The van der Waals surface area contributed by atoms with Gasteiger partial charge in [0.25, 0.3) is 0 Å². The summed E-state index contributed by atoms with van der Waals surface area (Å²) in [5.41, 5.74) is 5.61. The highest BCUT2D eigenvalue weighted by atomic mass is 15.1. The van der Waals surface area contributed by atoms with Crippen molar-refractivity contribution in [1.29, 1.82) is 0 Å². The van der Waals surface area contributed by atoms with Crippen LogP contribution >= 0.6 is 0 Å². The first-order chi connectivity index (χ1) is 7.08. The number of nitrogens with two attached hydrogens (primary N) is 1. The molecule has 0 saturated heterocycles. The summed E-state index contributed by atoms with van der Waals surface area (Å²) in [7, 11) is 4.12. The van der Waals surface area contributed by atoms with Crippen LogP contribution < -0.4 is 11.1 Å². The van der Waals surface area contributed by atoms with E-state index in [0.717, 1.165) is 25.3 Å². The van der Waals surface area contributed by atoms with Crippen molar-refractivity contribution in [3.63, 3.8) is 0 Å². The molecule has 1 aromatic rings. The number of nitrogens with zero attached hydrogens (tertiary/aromatic N) is 3. The van der Waals surface area contributed by atoms with Crippen LogP contribution in [0.5, 0.6) is 0 Å². The van der Waals surface area contributed by atoms with Gasteiger partial charge in [-0.2, -0.15) is 0 Å². The lowest BCUT2D eigenvalue weighted by atomic mass is 10.4. The van der Waals surface area contributed by atoms with Gasteiger partial charge in [0.2, 0.25) is 0 Å². The van der Waals surface area contributed by atoms with Gasteiger partial charge in [-0.3, -0.25) is 0 Å². The second-order valence-electron chi connectivity index (χ2n) is 3.81. The lowest BCUT2D eigenvalue weighted by molar-refractivity contribution is 0.405. The SMILES string of the molecule is Cc1nc(N)cc(NCCCN(C)C)n1. The number of aromatic nitrogens is 2. The van der Waals surface area contributed by atoms with Crippen molar-refractivity contribution in [2.24, 2.45) is 0 Å². The molecule has 1 heterocycles. The largest absolute Gasteiger partial charge is 0.384 e. The molecule has 84 valence electrons. The van der Waals surface area contributed by atoms with Crippen LogP contribution in [-0.2, 0) is 0 Å². The fourth-order valence-electron chi connectivity index (χ4n) is 1.29. The van der Waals surface area contributed by atoms with Gasteiger partial charge in [-0.1, -0.05) is 0 Å². The first-order valence-corrected chi connectivity index (χ1v) is 5.07. The summed E-state index contributed by atoms with van der Waals surface area (Å²) in [5, 5.41) is 3.22. The zero-order chi connectivity index (χ0) is 11.3. The van der Waals surface area contributed by atoms with Crippen LogP contribution in [0.1, 0.15) is 12.2 Å². The Hall–Kier alpha value is -1.36. The Morgan fingerprint density at radius 1 is 1.40 bits per heavy atom. The summed E-state index contributed by atoms with van der Waals surface area (Å²) in [4.78, 5) is 10.4. The van der Waals surface area contributed by atoms with Gasteiger partial charge in [0.05, 0.1) is 0 Å². The molecule has 5 nitrogen and oxygen atoms in total. The lowest BCUT2D eigenvalue weighted by Gasteiger charge is -2.10. The summed E-state index contributed by atoms with van der Waals surface area (Å²) >= 11 is 0. The van der Waals surface area contributed by atoms with Crippen molar-refractivity contribution >= 4 is 11.6 Å². The maximum Gasteiger partial charge on any atom is 0.131 e. The van der Waals surface area contributed by atoms with Crippen molar-refractivity contribution < 1.29 is 0 Å². The van der Waals surface area contributed by atoms with E-state index >= 15 is 0 Å². The minimum absolute atomic E-state index is 0.512. The van der Waals surface area contributed by atoms with Crippen LogP contribution in [0.3, 0.4) is 0 Å². The van der Waals surface area contributed by atoms with Gasteiger partial charge in [0.15, 0.2) is 0 Å². The molecule has 0 unspecified atom stereocenters. The minimum atomic E-state index is 0.512. The van der Waals surface area contributed by atoms with Crippen LogP contribution in [0, 0.1) is 6.92 Å². The molecule has 0 aliphatic rings. The van der Waals surface area contributed by atoms with Crippen molar-refractivity contribution in [3.8, 4) is 0 Å². The predicted octanol–water partition coefficient (Wildman–Crippen LogP) is 0.731. The molecule has 0 aliphatic heterocycles. The van der Waals surface area contributed by atoms with Crippen molar-refractivity contribution in [2.75, 3.05) is 38.2 Å². The molecular formula is C10H19N5. The standard InChI is InChI=1S/C10H19N5/c1-8-13-9(11)7-10(14-8)12-5-4-6-15(2)3/h7H,4-6H2,1-3H3,(H3,11,12,13,14). The monoisotopic (exact) mass is 209 g/mol. The van der Waals surface area contributed by atoms with Gasteiger partial charge in [0.1, 0.15) is 17.5 Å². The molecule has 5 heteroatoms. The second-order valence-corrected chi connectivity index (χ2v) is 3.81. The summed E-state index contributed by atoms with van der Waals surface area (Å²) < 4.78 is 0. The number of rotatable bonds is 5. The van der Waals surface area contributed by atoms with Crippen LogP contribution in [0.25, 0.3) is 0 Å². The van der Waals surface area contributed by atoms with E-state index in [4.69, 9.17) is 5.73 Å². The van der Waals surface area contributed by atoms with Crippen LogP contribution in [0.2, 0.25) is 0 Å². The molecule has 0 amide bonds. The van der Waals surface area contributed by atoms with Gasteiger partial charge in [0, 0.05) is 12.6 Å². The van der Waals surface area contributed by atoms with Crippen LogP contribution in [0.4, 0.5) is 11.6 Å². The van der Waals surface area contributed by atoms with E-state index in [1.165, 1.54) is 0 Å². The van der Waals surface area contributed by atoms with E-state index in [1.807, 2.05) is 6.92 Å². The Bertz CT molecular complexity index is 290. The Kier molecular flexibility index (Phi) is 4.30. The normalized spacial score (nSPS) is 10.7. The Morgan fingerprint density at radius 3 is 2.73 bits per heavy atom. The number of aryl methyl sites for hydroxylation is 1. The maximum absolute atomic E-state index is 5.61. The van der Waals surface area contributed by atoms with Crippen molar-refractivity contribution in [1.82, 2.24) is 14.9 Å². The molecule has 1 rings (SSSR count). The summed E-state index contributed by atoms with van der Waals surface area (Å²) in [6.45, 7) is 3.79. The summed E-state index contributed by atoms with van der Waals surface area (Å²) in [6.07, 6.45) is 1.08. The average Bonchev–Trinajstić information content (AvgIpc) is 2.10. The number of hydrogen-bond acceptors (Lipinski definition) is 5. The molecular weight excluding hydrogens is 190 g/mol. The average molecular weight is 209 g/mol. The Morgan fingerprint density at radius 2 is 2.13 bits per heavy atom. The molecule has 0 atom stereocenters. The van der Waals surface area contributed by atoms with Gasteiger partial charge in [-0.05, 0) is 34.0 Å². The molecule has 0 spiro atoms. The van der Waals surface area contributed by atoms with E-state index in [1.54, 1.807) is 6.07 Å². The third-order valence-electron chi connectivity index (χ3n) is 1.95. The summed E-state index contributed by atoms with van der Waals surface area (Å²) in [6, 6.07) is 1.75. The highest BCUT2D eigenvalue weighted by Gasteiger charge is 1.98. The smallest absolute Gasteiger partial charge is 0.131 e. The Balaban J connectivity index is 2.37. The zero-order valence-corrected chi connectivity index (χ0v) is 9.62. The number of nitrogens with one attached hydrogen (secondary N) is 1. The minimum Gasteiger partial charge on any atom is -0.384 e. The number of hydrogen-bond donors (Lipinski definition) is 2.